The lowest BCUT2D eigenvalue weighted by atomic mass is 10.1. The van der Waals surface area contributed by atoms with E-state index < -0.39 is 11.5 Å². The molecular weight excluding hydrogens is 406 g/mol. The van der Waals surface area contributed by atoms with Crippen molar-refractivity contribution >= 4 is 41.4 Å². The molecular formula is C19H23N7O5. The summed E-state index contributed by atoms with van der Waals surface area (Å²) in [6.07, 6.45) is 0.936. The molecule has 0 radical (unpaired) electrons. The average Bonchev–Trinajstić information content (AvgIpc) is 2.74. The molecule has 12 nitrogen and oxygen atoms in total. The Morgan fingerprint density at radius 3 is 2.74 bits per heavy atom. The predicted octanol–water partition coefficient (Wildman–Crippen LogP) is -0.184. The number of carboxylic acid groups (broad SMARTS) is 1. The van der Waals surface area contributed by atoms with Crippen LogP contribution >= 0.6 is 0 Å². The number of aliphatic carboxylic acids is 1. The van der Waals surface area contributed by atoms with E-state index in [1.165, 1.54) is 4.90 Å². The molecule has 0 spiro atoms. The zero-order valence-corrected chi connectivity index (χ0v) is 16.6. The van der Waals surface area contributed by atoms with E-state index >= 15 is 0 Å². The molecule has 0 aliphatic carbocycles. The van der Waals surface area contributed by atoms with Crippen LogP contribution in [0.3, 0.4) is 0 Å². The van der Waals surface area contributed by atoms with Crippen molar-refractivity contribution < 1.29 is 19.5 Å². The zero-order chi connectivity index (χ0) is 22.4. The number of nitrogens with one attached hydrogen (secondary N) is 4. The van der Waals surface area contributed by atoms with E-state index in [4.69, 9.17) is 10.8 Å². The summed E-state index contributed by atoms with van der Waals surface area (Å²) in [5, 5.41) is 17.5. The lowest BCUT2D eigenvalue weighted by Gasteiger charge is -2.34. The van der Waals surface area contributed by atoms with Crippen molar-refractivity contribution in [2.24, 2.45) is 0 Å². The second kappa shape index (κ2) is 9.61. The third kappa shape index (κ3) is 5.29. The average molecular weight is 429 g/mol. The number of hydrogen-bond donors (Lipinski definition) is 6. The Kier molecular flexibility index (Phi) is 6.70. The molecule has 0 fully saturated rings. The van der Waals surface area contributed by atoms with Crippen molar-refractivity contribution in [1.82, 2.24) is 15.3 Å². The Hall–Kier alpha value is -4.09. The van der Waals surface area contributed by atoms with Gasteiger partial charge in [0.25, 0.3) is 11.5 Å². The molecule has 0 unspecified atom stereocenters. The summed E-state index contributed by atoms with van der Waals surface area (Å²) >= 11 is 0. The summed E-state index contributed by atoms with van der Waals surface area (Å²) in [5.41, 5.74) is 6.31. The van der Waals surface area contributed by atoms with Gasteiger partial charge in [-0.1, -0.05) is 0 Å². The van der Waals surface area contributed by atoms with Crippen LogP contribution in [0.5, 0.6) is 0 Å². The summed E-state index contributed by atoms with van der Waals surface area (Å²) in [7, 11) is 0. The van der Waals surface area contributed by atoms with Crippen LogP contribution in [0.25, 0.3) is 0 Å². The van der Waals surface area contributed by atoms with Gasteiger partial charge < -0.3 is 31.7 Å². The third-order valence-corrected chi connectivity index (χ3v) is 4.73. The molecule has 7 N–H and O–H groups in total. The molecule has 12 heteroatoms. The predicted molar refractivity (Wildman–Crippen MR) is 114 cm³/mol. The molecule has 1 aromatic heterocycles. The number of hydrogen-bond acceptors (Lipinski definition) is 8. The van der Waals surface area contributed by atoms with Gasteiger partial charge >= 0.3 is 5.97 Å². The van der Waals surface area contributed by atoms with E-state index in [1.807, 2.05) is 0 Å². The molecule has 164 valence electrons. The number of nitrogen functional groups attached to an aromatic ring is 1. The highest BCUT2D eigenvalue weighted by atomic mass is 16.4. The van der Waals surface area contributed by atoms with Crippen molar-refractivity contribution in [3.8, 4) is 0 Å². The van der Waals surface area contributed by atoms with E-state index in [9.17, 15) is 19.2 Å². The van der Waals surface area contributed by atoms with Gasteiger partial charge in [-0.2, -0.15) is 4.98 Å². The Bertz CT molecular complexity index is 1020. The van der Waals surface area contributed by atoms with Crippen LogP contribution in [0, 0.1) is 0 Å². The maximum Gasteiger partial charge on any atom is 0.303 e. The van der Waals surface area contributed by atoms with E-state index in [0.717, 1.165) is 5.69 Å². The Labute approximate surface area is 176 Å². The van der Waals surface area contributed by atoms with Crippen molar-refractivity contribution in [3.05, 3.63) is 40.2 Å². The second-order valence-electron chi connectivity index (χ2n) is 6.91. The number of benzene rings is 1. The van der Waals surface area contributed by atoms with Crippen LogP contribution in [0.1, 0.15) is 23.2 Å². The Morgan fingerprint density at radius 2 is 2.06 bits per heavy atom. The van der Waals surface area contributed by atoms with Gasteiger partial charge in [0.1, 0.15) is 0 Å². The Balaban J connectivity index is 1.57. The lowest BCUT2D eigenvalue weighted by Crippen LogP contribution is -2.50. The first-order chi connectivity index (χ1) is 14.9. The van der Waals surface area contributed by atoms with Crippen molar-refractivity contribution in [2.75, 3.05) is 40.9 Å². The largest absolute Gasteiger partial charge is 0.481 e. The zero-order valence-electron chi connectivity index (χ0n) is 16.6. The molecule has 1 aromatic carbocycles. The molecule has 2 heterocycles. The molecule has 2 amide bonds. The molecule has 1 atom stereocenters. The fraction of sp³-hybridized carbons (Fsp3) is 0.316. The van der Waals surface area contributed by atoms with Crippen LogP contribution in [0.2, 0.25) is 0 Å². The van der Waals surface area contributed by atoms with Gasteiger partial charge in [0.2, 0.25) is 12.4 Å². The van der Waals surface area contributed by atoms with Crippen molar-refractivity contribution in [1.29, 1.82) is 0 Å². The second-order valence-corrected chi connectivity index (χ2v) is 6.91. The van der Waals surface area contributed by atoms with Crippen molar-refractivity contribution in [3.63, 3.8) is 0 Å². The minimum atomic E-state index is -0.903. The van der Waals surface area contributed by atoms with Gasteiger partial charge in [-0.15, -0.1) is 0 Å². The first kappa shape index (κ1) is 21.6. The van der Waals surface area contributed by atoms with Gasteiger partial charge in [-0.05, 0) is 30.7 Å². The number of aromatic nitrogens is 2. The number of rotatable bonds is 9. The van der Waals surface area contributed by atoms with Gasteiger partial charge in [-0.25, -0.2) is 0 Å². The van der Waals surface area contributed by atoms with E-state index in [1.54, 1.807) is 24.3 Å². The summed E-state index contributed by atoms with van der Waals surface area (Å²) in [4.78, 5) is 54.1. The number of anilines is 4. The third-order valence-electron chi connectivity index (χ3n) is 4.73. The fourth-order valence-electron chi connectivity index (χ4n) is 3.17. The van der Waals surface area contributed by atoms with Crippen LogP contribution < -0.4 is 32.1 Å². The maximum atomic E-state index is 12.2. The van der Waals surface area contributed by atoms with Gasteiger partial charge in [0.05, 0.1) is 6.04 Å². The number of nitrogens with zero attached hydrogens (tertiary/aromatic N) is 2. The SMILES string of the molecule is Nc1nc2c(c(=O)[nH]1)N(C=O)[C@@H](CNc1ccc(C(=O)NCCCC(=O)O)cc1)CN2. The number of amides is 2. The van der Waals surface area contributed by atoms with Crippen molar-refractivity contribution in [2.45, 2.75) is 18.9 Å². The lowest BCUT2D eigenvalue weighted by molar-refractivity contribution is -0.137. The first-order valence-electron chi connectivity index (χ1n) is 9.60. The number of carboxylic acids is 1. The molecule has 0 saturated carbocycles. The maximum absolute atomic E-state index is 12.2. The number of H-pyrrole nitrogens is 1. The number of nitrogens with two attached hydrogens (primary N) is 1. The van der Waals surface area contributed by atoms with E-state index in [-0.39, 0.29) is 42.4 Å². The van der Waals surface area contributed by atoms with E-state index in [2.05, 4.69) is 25.9 Å². The Morgan fingerprint density at radius 1 is 1.32 bits per heavy atom. The topological polar surface area (TPSA) is 183 Å². The van der Waals surface area contributed by atoms with Crippen LogP contribution in [0.4, 0.5) is 23.1 Å². The van der Waals surface area contributed by atoms with Crippen LogP contribution in [0.15, 0.2) is 29.1 Å². The fourth-order valence-corrected chi connectivity index (χ4v) is 3.17. The highest BCUT2D eigenvalue weighted by Crippen LogP contribution is 2.25. The minimum absolute atomic E-state index is 0.00322. The highest BCUT2D eigenvalue weighted by molar-refractivity contribution is 5.94. The molecule has 0 bridgehead atoms. The van der Waals surface area contributed by atoms with E-state index in [0.29, 0.717) is 31.5 Å². The van der Waals surface area contributed by atoms with Gasteiger partial charge in [0, 0.05) is 37.3 Å². The minimum Gasteiger partial charge on any atom is -0.481 e. The summed E-state index contributed by atoms with van der Waals surface area (Å²) < 4.78 is 0. The number of fused-ring (bicyclic) bond motifs is 1. The summed E-state index contributed by atoms with van der Waals surface area (Å²) in [6.45, 7) is 0.990. The molecule has 1 aliphatic rings. The number of carbonyl (C=O) groups is 3. The van der Waals surface area contributed by atoms with Crippen LogP contribution in [-0.4, -0.2) is 59.0 Å². The monoisotopic (exact) mass is 429 g/mol. The normalized spacial score (nSPS) is 14.8. The number of carbonyl (C=O) groups excluding carboxylic acids is 2. The first-order valence-corrected chi connectivity index (χ1v) is 9.60. The molecule has 3 rings (SSSR count). The quantitative estimate of drug-likeness (QED) is 0.232. The van der Waals surface area contributed by atoms with Gasteiger partial charge in [0.15, 0.2) is 11.5 Å². The standard InChI is InChI=1S/C19H23N7O5/c20-19-24-16-15(18(31)25-19)26(10-27)13(9-23-16)8-22-12-5-3-11(4-6-12)17(30)21-7-1-2-14(28)29/h3-6,10,13,22H,1-2,7-9H2,(H,21,30)(H,28,29)(H4,20,23,24,25,31)/t13-/m0/s1. The smallest absolute Gasteiger partial charge is 0.303 e. The molecule has 2 aromatic rings. The van der Waals surface area contributed by atoms with Crippen LogP contribution in [-0.2, 0) is 9.59 Å². The number of aromatic amines is 1. The molecule has 1 aliphatic heterocycles. The highest BCUT2D eigenvalue weighted by Gasteiger charge is 2.29. The molecule has 31 heavy (non-hydrogen) atoms. The molecule has 0 saturated heterocycles. The van der Waals surface area contributed by atoms with Gasteiger partial charge in [-0.3, -0.25) is 24.2 Å². The summed E-state index contributed by atoms with van der Waals surface area (Å²) in [6, 6.07) is 6.36. The summed E-state index contributed by atoms with van der Waals surface area (Å²) in [5.74, 6) is -0.976.